The maximum atomic E-state index is 3.80. The van der Waals surface area contributed by atoms with Gasteiger partial charge in [-0.25, -0.2) is 0 Å². The van der Waals surface area contributed by atoms with Crippen molar-refractivity contribution in [1.29, 1.82) is 0 Å². The molecule has 1 aromatic rings. The maximum Gasteiger partial charge on any atom is 0.0278 e. The first-order chi connectivity index (χ1) is 9.59. The van der Waals surface area contributed by atoms with Crippen LogP contribution < -0.4 is 5.32 Å². The molecule has 20 heavy (non-hydrogen) atoms. The van der Waals surface area contributed by atoms with Crippen molar-refractivity contribution >= 4 is 0 Å². The molecule has 2 atom stereocenters. The summed E-state index contributed by atoms with van der Waals surface area (Å²) in [6, 6.07) is 9.82. The van der Waals surface area contributed by atoms with Gasteiger partial charge in [0.15, 0.2) is 0 Å². The molecule has 1 saturated carbocycles. The lowest BCUT2D eigenvalue weighted by Crippen LogP contribution is -2.62. The fourth-order valence-corrected chi connectivity index (χ4v) is 3.39. The van der Waals surface area contributed by atoms with Crippen LogP contribution in [0.15, 0.2) is 24.3 Å². The molecule has 0 aromatic heterocycles. The SMILES string of the molecule is CCC1(C)CN(Cc2ccc(C)cc2)C(C2CC2)CN1. The molecule has 2 aliphatic rings. The van der Waals surface area contributed by atoms with Crippen LogP contribution in [0.25, 0.3) is 0 Å². The van der Waals surface area contributed by atoms with Crippen LogP contribution in [0.5, 0.6) is 0 Å². The zero-order valence-electron chi connectivity index (χ0n) is 13.2. The molecule has 3 rings (SSSR count). The Balaban J connectivity index is 1.73. The normalized spacial score (nSPS) is 31.4. The van der Waals surface area contributed by atoms with Crippen molar-refractivity contribution in [2.75, 3.05) is 13.1 Å². The highest BCUT2D eigenvalue weighted by Crippen LogP contribution is 2.38. The number of nitrogens with zero attached hydrogens (tertiary/aromatic N) is 1. The van der Waals surface area contributed by atoms with Crippen LogP contribution in [0, 0.1) is 12.8 Å². The van der Waals surface area contributed by atoms with E-state index in [0.29, 0.717) is 0 Å². The van der Waals surface area contributed by atoms with Crippen molar-refractivity contribution in [3.8, 4) is 0 Å². The molecule has 1 N–H and O–H groups in total. The lowest BCUT2D eigenvalue weighted by molar-refractivity contribution is 0.0662. The van der Waals surface area contributed by atoms with Gasteiger partial charge in [0.05, 0.1) is 0 Å². The Bertz CT molecular complexity index is 449. The minimum atomic E-state index is 0.288. The van der Waals surface area contributed by atoms with Crippen molar-refractivity contribution in [2.24, 2.45) is 5.92 Å². The predicted molar refractivity (Wildman–Crippen MR) is 84.8 cm³/mol. The van der Waals surface area contributed by atoms with Gasteiger partial charge < -0.3 is 5.32 Å². The molecule has 1 aromatic carbocycles. The van der Waals surface area contributed by atoms with Crippen LogP contribution in [0.1, 0.15) is 44.2 Å². The van der Waals surface area contributed by atoms with Gasteiger partial charge in [0, 0.05) is 31.2 Å². The summed E-state index contributed by atoms with van der Waals surface area (Å²) in [7, 11) is 0. The van der Waals surface area contributed by atoms with E-state index in [0.717, 1.165) is 18.5 Å². The molecule has 1 saturated heterocycles. The molecule has 0 radical (unpaired) electrons. The molecular formula is C18H28N2. The number of piperazine rings is 1. The second kappa shape index (κ2) is 5.50. The van der Waals surface area contributed by atoms with Crippen molar-refractivity contribution in [3.63, 3.8) is 0 Å². The van der Waals surface area contributed by atoms with Crippen LogP contribution in [-0.4, -0.2) is 29.6 Å². The van der Waals surface area contributed by atoms with Crippen molar-refractivity contribution in [2.45, 2.75) is 58.2 Å². The molecule has 110 valence electrons. The summed E-state index contributed by atoms with van der Waals surface area (Å²) in [5.41, 5.74) is 3.10. The molecule has 0 spiro atoms. The standard InChI is InChI=1S/C18H28N2/c1-4-18(3)13-20(17(11-19-18)16-9-10-16)12-15-7-5-14(2)6-8-15/h5-8,16-17,19H,4,9-13H2,1-3H3. The third kappa shape index (κ3) is 3.07. The summed E-state index contributed by atoms with van der Waals surface area (Å²) in [6.07, 6.45) is 4.06. The molecule has 2 unspecified atom stereocenters. The molecule has 0 amide bonds. The molecule has 1 heterocycles. The predicted octanol–water partition coefficient (Wildman–Crippen LogP) is 3.35. The Morgan fingerprint density at radius 2 is 1.95 bits per heavy atom. The van der Waals surface area contributed by atoms with Gasteiger partial charge in [0.1, 0.15) is 0 Å². The smallest absolute Gasteiger partial charge is 0.0278 e. The van der Waals surface area contributed by atoms with Crippen LogP contribution >= 0.6 is 0 Å². The minimum Gasteiger partial charge on any atom is -0.309 e. The Labute approximate surface area is 123 Å². The van der Waals surface area contributed by atoms with Gasteiger partial charge in [-0.1, -0.05) is 36.8 Å². The summed E-state index contributed by atoms with van der Waals surface area (Å²) in [5, 5.41) is 3.80. The second-order valence-electron chi connectivity index (χ2n) is 7.09. The minimum absolute atomic E-state index is 0.288. The van der Waals surface area contributed by atoms with Crippen molar-refractivity contribution in [1.82, 2.24) is 10.2 Å². The molecule has 1 aliphatic carbocycles. The summed E-state index contributed by atoms with van der Waals surface area (Å²) in [5.74, 6) is 0.939. The van der Waals surface area contributed by atoms with Gasteiger partial charge in [-0.05, 0) is 44.6 Å². The molecule has 2 nitrogen and oxygen atoms in total. The summed E-state index contributed by atoms with van der Waals surface area (Å²) in [4.78, 5) is 2.74. The number of benzene rings is 1. The fourth-order valence-electron chi connectivity index (χ4n) is 3.39. The Morgan fingerprint density at radius 3 is 2.55 bits per heavy atom. The summed E-state index contributed by atoms with van der Waals surface area (Å²) in [6.45, 7) is 10.3. The first-order valence-corrected chi connectivity index (χ1v) is 8.14. The first kappa shape index (κ1) is 14.1. The van der Waals surface area contributed by atoms with E-state index in [1.165, 1.54) is 43.5 Å². The Kier molecular flexibility index (Phi) is 3.87. The van der Waals surface area contributed by atoms with Crippen LogP contribution in [0.4, 0.5) is 0 Å². The van der Waals surface area contributed by atoms with Gasteiger partial charge in [0.2, 0.25) is 0 Å². The molecule has 2 fully saturated rings. The van der Waals surface area contributed by atoms with Crippen molar-refractivity contribution in [3.05, 3.63) is 35.4 Å². The number of rotatable bonds is 4. The highest BCUT2D eigenvalue weighted by molar-refractivity contribution is 5.21. The Morgan fingerprint density at radius 1 is 1.25 bits per heavy atom. The molecule has 2 heteroatoms. The van der Waals surface area contributed by atoms with E-state index in [2.05, 4.69) is 55.3 Å². The fraction of sp³-hybridized carbons (Fsp3) is 0.667. The number of aryl methyl sites for hydroxylation is 1. The summed E-state index contributed by atoms with van der Waals surface area (Å²) >= 11 is 0. The van der Waals surface area contributed by atoms with Gasteiger partial charge >= 0.3 is 0 Å². The number of nitrogens with one attached hydrogen (secondary N) is 1. The van der Waals surface area contributed by atoms with Crippen LogP contribution in [-0.2, 0) is 6.54 Å². The average molecular weight is 272 g/mol. The maximum absolute atomic E-state index is 3.80. The average Bonchev–Trinajstić information content (AvgIpc) is 3.26. The second-order valence-corrected chi connectivity index (χ2v) is 7.09. The quantitative estimate of drug-likeness (QED) is 0.904. The van der Waals surface area contributed by atoms with Crippen LogP contribution in [0.3, 0.4) is 0 Å². The lowest BCUT2D eigenvalue weighted by atomic mass is 9.91. The van der Waals surface area contributed by atoms with Gasteiger partial charge in [-0.15, -0.1) is 0 Å². The highest BCUT2D eigenvalue weighted by Gasteiger charge is 2.41. The van der Waals surface area contributed by atoms with Crippen LogP contribution in [0.2, 0.25) is 0 Å². The Hall–Kier alpha value is -0.860. The van der Waals surface area contributed by atoms with E-state index >= 15 is 0 Å². The largest absolute Gasteiger partial charge is 0.309 e. The molecule has 1 aliphatic heterocycles. The van der Waals surface area contributed by atoms with E-state index < -0.39 is 0 Å². The first-order valence-electron chi connectivity index (χ1n) is 8.14. The van der Waals surface area contributed by atoms with E-state index in [4.69, 9.17) is 0 Å². The third-order valence-electron chi connectivity index (χ3n) is 5.21. The van der Waals surface area contributed by atoms with Crippen molar-refractivity contribution < 1.29 is 0 Å². The third-order valence-corrected chi connectivity index (χ3v) is 5.21. The van der Waals surface area contributed by atoms with E-state index in [1.54, 1.807) is 0 Å². The summed E-state index contributed by atoms with van der Waals surface area (Å²) < 4.78 is 0. The monoisotopic (exact) mass is 272 g/mol. The van der Waals surface area contributed by atoms with Gasteiger partial charge in [-0.3, -0.25) is 4.90 Å². The topological polar surface area (TPSA) is 15.3 Å². The number of hydrogen-bond acceptors (Lipinski definition) is 2. The van der Waals surface area contributed by atoms with E-state index in [9.17, 15) is 0 Å². The van der Waals surface area contributed by atoms with Gasteiger partial charge in [0.25, 0.3) is 0 Å². The van der Waals surface area contributed by atoms with E-state index in [1.807, 2.05) is 0 Å². The highest BCUT2D eigenvalue weighted by atomic mass is 15.3. The zero-order valence-corrected chi connectivity index (χ0v) is 13.2. The zero-order chi connectivity index (χ0) is 14.2. The molecular weight excluding hydrogens is 244 g/mol. The molecule has 0 bridgehead atoms. The van der Waals surface area contributed by atoms with E-state index in [-0.39, 0.29) is 5.54 Å². The lowest BCUT2D eigenvalue weighted by Gasteiger charge is -2.46. The van der Waals surface area contributed by atoms with Gasteiger partial charge in [-0.2, -0.15) is 0 Å². The number of hydrogen-bond donors (Lipinski definition) is 1.